The van der Waals surface area contributed by atoms with Gasteiger partial charge in [0.15, 0.2) is 15.6 Å². The van der Waals surface area contributed by atoms with Crippen molar-refractivity contribution in [3.8, 4) is 5.75 Å². The molecule has 1 aromatic rings. The molecule has 0 spiro atoms. The van der Waals surface area contributed by atoms with Gasteiger partial charge in [0.1, 0.15) is 10.5 Å². The number of para-hydroxylation sites is 1. The summed E-state index contributed by atoms with van der Waals surface area (Å²) in [6, 6.07) is 7.31. The highest BCUT2D eigenvalue weighted by Gasteiger charge is 2.43. The molecule has 1 unspecified atom stereocenters. The van der Waals surface area contributed by atoms with E-state index in [1.54, 1.807) is 0 Å². The van der Waals surface area contributed by atoms with Gasteiger partial charge in [-0.3, -0.25) is 4.79 Å². The van der Waals surface area contributed by atoms with Crippen LogP contribution in [-0.4, -0.2) is 31.8 Å². The maximum atomic E-state index is 12.6. The van der Waals surface area contributed by atoms with E-state index in [0.29, 0.717) is 18.8 Å². The summed E-state index contributed by atoms with van der Waals surface area (Å²) in [6.45, 7) is 3.39. The fourth-order valence-electron chi connectivity index (χ4n) is 2.22. The average Bonchev–Trinajstić information content (AvgIpc) is 2.36. The molecule has 0 radical (unpaired) electrons. The van der Waals surface area contributed by atoms with Crippen LogP contribution in [0.25, 0.3) is 0 Å². The third-order valence-electron chi connectivity index (χ3n) is 3.80. The quantitative estimate of drug-likeness (QED) is 0.850. The normalized spacial score (nSPS) is 19.4. The van der Waals surface area contributed by atoms with Gasteiger partial charge in [0.05, 0.1) is 12.5 Å². The number of hydrogen-bond acceptors (Lipinski definition) is 4. The van der Waals surface area contributed by atoms with E-state index in [1.165, 1.54) is 13.8 Å². The Labute approximate surface area is 113 Å². The predicted octanol–water partition coefficient (Wildman–Crippen LogP) is 1.95. The Balaban J connectivity index is 2.42. The zero-order valence-corrected chi connectivity index (χ0v) is 12.2. The monoisotopic (exact) mass is 282 g/mol. The van der Waals surface area contributed by atoms with Gasteiger partial charge in [-0.15, -0.1) is 0 Å². The second-order valence-corrected chi connectivity index (χ2v) is 7.94. The molecule has 1 aliphatic heterocycles. The second-order valence-electron chi connectivity index (χ2n) is 5.37. The van der Waals surface area contributed by atoms with Crippen LogP contribution in [0, 0.1) is 0 Å². The molecule has 0 aliphatic carbocycles. The van der Waals surface area contributed by atoms with Crippen LogP contribution >= 0.6 is 0 Å². The molecule has 19 heavy (non-hydrogen) atoms. The molecule has 0 bridgehead atoms. The summed E-state index contributed by atoms with van der Waals surface area (Å²) >= 11 is 0. The zero-order chi connectivity index (χ0) is 14.3. The molecule has 1 heterocycles. The molecule has 0 fully saturated rings. The Morgan fingerprint density at radius 3 is 2.58 bits per heavy atom. The number of carbonyl (C=O) groups is 1. The van der Waals surface area contributed by atoms with Crippen LogP contribution < -0.4 is 4.74 Å². The first-order chi connectivity index (χ1) is 8.75. The highest BCUT2D eigenvalue weighted by atomic mass is 32.2. The molecule has 1 aromatic carbocycles. The van der Waals surface area contributed by atoms with E-state index in [-0.39, 0.29) is 5.78 Å². The topological polar surface area (TPSA) is 60.4 Å². The van der Waals surface area contributed by atoms with Gasteiger partial charge in [-0.2, -0.15) is 0 Å². The Morgan fingerprint density at radius 1 is 1.32 bits per heavy atom. The van der Waals surface area contributed by atoms with E-state index < -0.39 is 20.5 Å². The molecule has 1 aliphatic rings. The number of hydrogen-bond donors (Lipinski definition) is 0. The van der Waals surface area contributed by atoms with Gasteiger partial charge in [-0.25, -0.2) is 8.42 Å². The molecule has 1 atom stereocenters. The SMILES string of the molecule is CC(C)(C(=O)C1CCOc2ccccc21)S(C)(=O)=O. The van der Waals surface area contributed by atoms with E-state index in [9.17, 15) is 13.2 Å². The van der Waals surface area contributed by atoms with E-state index in [1.807, 2.05) is 24.3 Å². The molecule has 0 amide bonds. The van der Waals surface area contributed by atoms with Crippen molar-refractivity contribution in [2.45, 2.75) is 30.9 Å². The minimum Gasteiger partial charge on any atom is -0.493 e. The lowest BCUT2D eigenvalue weighted by atomic mass is 9.84. The van der Waals surface area contributed by atoms with E-state index in [0.717, 1.165) is 11.8 Å². The Hall–Kier alpha value is -1.36. The van der Waals surface area contributed by atoms with Gasteiger partial charge in [0, 0.05) is 11.8 Å². The summed E-state index contributed by atoms with van der Waals surface area (Å²) < 4.78 is 27.7. The van der Waals surface area contributed by atoms with Crippen molar-refractivity contribution >= 4 is 15.6 Å². The number of benzene rings is 1. The largest absolute Gasteiger partial charge is 0.493 e. The third-order valence-corrected chi connectivity index (χ3v) is 5.85. The van der Waals surface area contributed by atoms with Crippen LogP contribution in [0.1, 0.15) is 31.7 Å². The Morgan fingerprint density at radius 2 is 1.95 bits per heavy atom. The third kappa shape index (κ3) is 2.39. The summed E-state index contributed by atoms with van der Waals surface area (Å²) in [5.74, 6) is 0.0110. The predicted molar refractivity (Wildman–Crippen MR) is 73.2 cm³/mol. The number of sulfone groups is 1. The van der Waals surface area contributed by atoms with Gasteiger partial charge in [0.25, 0.3) is 0 Å². The number of rotatable bonds is 3. The van der Waals surface area contributed by atoms with Crippen molar-refractivity contribution in [1.82, 2.24) is 0 Å². The molecule has 0 N–H and O–H groups in total. The molecular weight excluding hydrogens is 264 g/mol. The molecule has 5 heteroatoms. The van der Waals surface area contributed by atoms with Crippen LogP contribution in [0.4, 0.5) is 0 Å². The Kier molecular flexibility index (Phi) is 3.43. The van der Waals surface area contributed by atoms with Crippen LogP contribution in [0.3, 0.4) is 0 Å². The summed E-state index contributed by atoms with van der Waals surface area (Å²) in [4.78, 5) is 12.6. The van der Waals surface area contributed by atoms with Crippen LogP contribution in [0.15, 0.2) is 24.3 Å². The zero-order valence-electron chi connectivity index (χ0n) is 11.3. The van der Waals surface area contributed by atoms with Crippen molar-refractivity contribution in [1.29, 1.82) is 0 Å². The number of ketones is 1. The first kappa shape index (κ1) is 14.1. The molecule has 0 saturated carbocycles. The van der Waals surface area contributed by atoms with E-state index in [4.69, 9.17) is 4.74 Å². The first-order valence-electron chi connectivity index (χ1n) is 6.21. The van der Waals surface area contributed by atoms with Crippen molar-refractivity contribution < 1.29 is 17.9 Å². The van der Waals surface area contributed by atoms with Gasteiger partial charge in [-0.1, -0.05) is 18.2 Å². The average molecular weight is 282 g/mol. The number of Topliss-reactive ketones (excluding diaryl/α,β-unsaturated/α-hetero) is 1. The lowest BCUT2D eigenvalue weighted by Gasteiger charge is -2.30. The highest BCUT2D eigenvalue weighted by molar-refractivity contribution is 7.92. The standard InChI is InChI=1S/C14H18O4S/c1-14(2,19(3,16)17)13(15)11-8-9-18-12-7-5-4-6-10(11)12/h4-7,11H,8-9H2,1-3H3. The lowest BCUT2D eigenvalue weighted by Crippen LogP contribution is -2.43. The van der Waals surface area contributed by atoms with Gasteiger partial charge < -0.3 is 4.74 Å². The fourth-order valence-corrected chi connectivity index (χ4v) is 2.72. The van der Waals surface area contributed by atoms with E-state index in [2.05, 4.69) is 0 Å². The molecule has 0 aromatic heterocycles. The van der Waals surface area contributed by atoms with Gasteiger partial charge in [0.2, 0.25) is 0 Å². The van der Waals surface area contributed by atoms with Crippen LogP contribution in [0.5, 0.6) is 5.75 Å². The smallest absolute Gasteiger partial charge is 0.161 e. The summed E-state index contributed by atoms with van der Waals surface area (Å²) in [5, 5.41) is 0. The number of ether oxygens (including phenoxy) is 1. The maximum Gasteiger partial charge on any atom is 0.161 e. The van der Waals surface area contributed by atoms with Gasteiger partial charge in [-0.05, 0) is 26.3 Å². The molecule has 0 saturated heterocycles. The van der Waals surface area contributed by atoms with Crippen molar-refractivity contribution in [3.63, 3.8) is 0 Å². The molecule has 2 rings (SSSR count). The highest BCUT2D eigenvalue weighted by Crippen LogP contribution is 2.37. The van der Waals surface area contributed by atoms with Crippen molar-refractivity contribution in [2.24, 2.45) is 0 Å². The number of fused-ring (bicyclic) bond motifs is 1. The summed E-state index contributed by atoms with van der Waals surface area (Å²) in [5.41, 5.74) is 0.787. The van der Waals surface area contributed by atoms with Crippen LogP contribution in [0.2, 0.25) is 0 Å². The maximum absolute atomic E-state index is 12.6. The fraction of sp³-hybridized carbons (Fsp3) is 0.500. The summed E-state index contributed by atoms with van der Waals surface area (Å²) in [6.07, 6.45) is 1.63. The van der Waals surface area contributed by atoms with Crippen LogP contribution in [-0.2, 0) is 14.6 Å². The van der Waals surface area contributed by atoms with Crippen molar-refractivity contribution in [2.75, 3.05) is 12.9 Å². The van der Waals surface area contributed by atoms with Crippen molar-refractivity contribution in [3.05, 3.63) is 29.8 Å². The van der Waals surface area contributed by atoms with Gasteiger partial charge >= 0.3 is 0 Å². The molecule has 104 valence electrons. The summed E-state index contributed by atoms with van der Waals surface area (Å²) in [7, 11) is -3.44. The Bertz CT molecular complexity index is 602. The molecule has 4 nitrogen and oxygen atoms in total. The van der Waals surface area contributed by atoms with E-state index >= 15 is 0 Å². The number of carbonyl (C=O) groups excluding carboxylic acids is 1. The minimum atomic E-state index is -3.44. The minimum absolute atomic E-state index is 0.259. The molecular formula is C14H18O4S. The second kappa shape index (κ2) is 4.63. The lowest BCUT2D eigenvalue weighted by molar-refractivity contribution is -0.122. The first-order valence-corrected chi connectivity index (χ1v) is 8.10.